The number of aryl methyl sites for hydroxylation is 1. The van der Waals surface area contributed by atoms with Crippen LogP contribution in [0.5, 0.6) is 0 Å². The molecule has 2 aromatic rings. The lowest BCUT2D eigenvalue weighted by atomic mass is 10.1. The number of likely N-dealkylation sites (tertiary alicyclic amines) is 1. The molecule has 0 bridgehead atoms. The van der Waals surface area contributed by atoms with Crippen molar-refractivity contribution in [3.8, 4) is 0 Å². The molecular weight excluding hydrogens is 347 g/mol. The van der Waals surface area contributed by atoms with Crippen LogP contribution in [0.1, 0.15) is 24.2 Å². The van der Waals surface area contributed by atoms with Crippen molar-refractivity contribution in [2.75, 3.05) is 12.3 Å². The second-order valence-corrected chi connectivity index (χ2v) is 5.93. The molecule has 3 rings (SSSR count). The van der Waals surface area contributed by atoms with Gasteiger partial charge in [-0.2, -0.15) is 0 Å². The van der Waals surface area contributed by atoms with Crippen LogP contribution in [0.4, 0.5) is 5.69 Å². The quantitative estimate of drug-likeness (QED) is 0.841. The number of benzene rings is 1. The number of nitrogen functional groups attached to an aromatic ring is 1. The molecule has 132 valence electrons. The standard InChI is InChI=1S/C17H22N4O.2ClH/c1-13-19-8-10-20(13)12-16-3-2-9-21(16)17(22)11-14-4-6-15(18)7-5-14;;/h4-8,10,16H,2-3,9,11-12,18H2,1H3;2*1H. The molecule has 1 aromatic heterocycles. The average Bonchev–Trinajstić information content (AvgIpc) is 3.12. The first kappa shape index (κ1) is 20.3. The summed E-state index contributed by atoms with van der Waals surface area (Å²) in [5.41, 5.74) is 7.43. The highest BCUT2D eigenvalue weighted by Gasteiger charge is 2.28. The number of anilines is 1. The molecular formula is C17H24Cl2N4O. The molecule has 2 N–H and O–H groups in total. The fraction of sp³-hybridized carbons (Fsp3) is 0.412. The van der Waals surface area contributed by atoms with Crippen molar-refractivity contribution >= 4 is 36.4 Å². The van der Waals surface area contributed by atoms with Crippen molar-refractivity contribution in [2.24, 2.45) is 0 Å². The van der Waals surface area contributed by atoms with Gasteiger partial charge >= 0.3 is 0 Å². The molecule has 1 aromatic carbocycles. The molecule has 0 radical (unpaired) electrons. The summed E-state index contributed by atoms with van der Waals surface area (Å²) >= 11 is 0. The zero-order valence-corrected chi connectivity index (χ0v) is 15.4. The van der Waals surface area contributed by atoms with E-state index >= 15 is 0 Å². The number of imidazole rings is 1. The molecule has 1 aliphatic rings. The number of rotatable bonds is 4. The Balaban J connectivity index is 0.00000144. The number of carbonyl (C=O) groups is 1. The van der Waals surface area contributed by atoms with Gasteiger partial charge in [-0.05, 0) is 37.5 Å². The van der Waals surface area contributed by atoms with E-state index in [9.17, 15) is 4.79 Å². The summed E-state index contributed by atoms with van der Waals surface area (Å²) in [5.74, 6) is 1.20. The van der Waals surface area contributed by atoms with E-state index in [1.54, 1.807) is 0 Å². The van der Waals surface area contributed by atoms with Crippen LogP contribution in [-0.4, -0.2) is 32.9 Å². The third kappa shape index (κ3) is 4.65. The van der Waals surface area contributed by atoms with Crippen molar-refractivity contribution in [1.29, 1.82) is 0 Å². The van der Waals surface area contributed by atoms with Crippen LogP contribution in [0.15, 0.2) is 36.7 Å². The van der Waals surface area contributed by atoms with Gasteiger partial charge in [-0.15, -0.1) is 24.8 Å². The fourth-order valence-corrected chi connectivity index (χ4v) is 3.09. The number of aromatic nitrogens is 2. The summed E-state index contributed by atoms with van der Waals surface area (Å²) in [7, 11) is 0. The number of carbonyl (C=O) groups excluding carboxylic acids is 1. The van der Waals surface area contributed by atoms with Crippen molar-refractivity contribution < 1.29 is 4.79 Å². The molecule has 1 saturated heterocycles. The van der Waals surface area contributed by atoms with E-state index in [0.717, 1.165) is 43.0 Å². The average molecular weight is 371 g/mol. The second kappa shape index (κ2) is 8.94. The molecule has 7 heteroatoms. The predicted octanol–water partition coefficient (Wildman–Crippen LogP) is 2.85. The third-order valence-electron chi connectivity index (χ3n) is 4.36. The molecule has 1 atom stereocenters. The van der Waals surface area contributed by atoms with Crippen molar-refractivity contribution in [3.63, 3.8) is 0 Å². The molecule has 0 aliphatic carbocycles. The Morgan fingerprint density at radius 1 is 1.29 bits per heavy atom. The minimum atomic E-state index is 0. The lowest BCUT2D eigenvalue weighted by Gasteiger charge is -2.25. The van der Waals surface area contributed by atoms with E-state index < -0.39 is 0 Å². The van der Waals surface area contributed by atoms with Crippen LogP contribution in [0.2, 0.25) is 0 Å². The summed E-state index contributed by atoms with van der Waals surface area (Å²) in [4.78, 5) is 18.9. The number of hydrogen-bond acceptors (Lipinski definition) is 3. The van der Waals surface area contributed by atoms with Gasteiger partial charge in [-0.25, -0.2) is 4.98 Å². The van der Waals surface area contributed by atoms with Gasteiger partial charge in [0, 0.05) is 37.2 Å². The Labute approximate surface area is 155 Å². The summed E-state index contributed by atoms with van der Waals surface area (Å²) in [6.45, 7) is 3.68. The van der Waals surface area contributed by atoms with Gasteiger partial charge in [-0.3, -0.25) is 4.79 Å². The Hall–Kier alpha value is -1.72. The molecule has 0 saturated carbocycles. The lowest BCUT2D eigenvalue weighted by molar-refractivity contribution is -0.131. The van der Waals surface area contributed by atoms with E-state index in [4.69, 9.17) is 5.73 Å². The van der Waals surface area contributed by atoms with Crippen LogP contribution >= 0.6 is 24.8 Å². The Morgan fingerprint density at radius 3 is 2.62 bits per heavy atom. The molecule has 1 amide bonds. The molecule has 1 fully saturated rings. The highest BCUT2D eigenvalue weighted by atomic mass is 35.5. The van der Waals surface area contributed by atoms with Crippen molar-refractivity contribution in [3.05, 3.63) is 48.0 Å². The van der Waals surface area contributed by atoms with Crippen LogP contribution in [0.3, 0.4) is 0 Å². The first-order valence-corrected chi connectivity index (χ1v) is 7.75. The molecule has 1 unspecified atom stereocenters. The number of halogens is 2. The Kier molecular flexibility index (Phi) is 7.58. The SMILES string of the molecule is Cc1nccn1CC1CCCN1C(=O)Cc1ccc(N)cc1.Cl.Cl. The summed E-state index contributed by atoms with van der Waals surface area (Å²) in [6, 6.07) is 7.82. The summed E-state index contributed by atoms with van der Waals surface area (Å²) in [6.07, 6.45) is 6.37. The second-order valence-electron chi connectivity index (χ2n) is 5.93. The fourth-order valence-electron chi connectivity index (χ4n) is 3.09. The number of hydrogen-bond donors (Lipinski definition) is 1. The van der Waals surface area contributed by atoms with Crippen LogP contribution in [-0.2, 0) is 17.8 Å². The lowest BCUT2D eigenvalue weighted by Crippen LogP contribution is -2.39. The van der Waals surface area contributed by atoms with Gasteiger partial charge in [0.15, 0.2) is 0 Å². The molecule has 2 heterocycles. The van der Waals surface area contributed by atoms with E-state index in [1.165, 1.54) is 0 Å². The van der Waals surface area contributed by atoms with E-state index in [2.05, 4.69) is 9.55 Å². The van der Waals surface area contributed by atoms with E-state index in [0.29, 0.717) is 6.42 Å². The van der Waals surface area contributed by atoms with Crippen LogP contribution in [0.25, 0.3) is 0 Å². The van der Waals surface area contributed by atoms with Crippen LogP contribution < -0.4 is 5.73 Å². The minimum Gasteiger partial charge on any atom is -0.399 e. The van der Waals surface area contributed by atoms with Gasteiger partial charge < -0.3 is 15.2 Å². The largest absolute Gasteiger partial charge is 0.399 e. The maximum absolute atomic E-state index is 12.6. The van der Waals surface area contributed by atoms with Crippen molar-refractivity contribution in [1.82, 2.24) is 14.5 Å². The van der Waals surface area contributed by atoms with E-state index in [1.807, 2.05) is 48.5 Å². The molecule has 1 aliphatic heterocycles. The number of nitrogens with zero attached hydrogens (tertiary/aromatic N) is 3. The molecule has 5 nitrogen and oxygen atoms in total. The third-order valence-corrected chi connectivity index (χ3v) is 4.36. The topological polar surface area (TPSA) is 64.2 Å². The van der Waals surface area contributed by atoms with Gasteiger partial charge in [0.2, 0.25) is 5.91 Å². The molecule has 24 heavy (non-hydrogen) atoms. The normalized spacial score (nSPS) is 16.4. The first-order valence-electron chi connectivity index (χ1n) is 7.75. The van der Waals surface area contributed by atoms with Gasteiger partial charge in [-0.1, -0.05) is 12.1 Å². The predicted molar refractivity (Wildman–Crippen MR) is 101 cm³/mol. The van der Waals surface area contributed by atoms with Crippen molar-refractivity contribution in [2.45, 2.75) is 38.8 Å². The monoisotopic (exact) mass is 370 g/mol. The van der Waals surface area contributed by atoms with E-state index in [-0.39, 0.29) is 36.8 Å². The zero-order chi connectivity index (χ0) is 15.5. The summed E-state index contributed by atoms with van der Waals surface area (Å²) in [5, 5.41) is 0. The number of amides is 1. The van der Waals surface area contributed by atoms with Gasteiger partial charge in [0.25, 0.3) is 0 Å². The first-order chi connectivity index (χ1) is 10.6. The maximum Gasteiger partial charge on any atom is 0.227 e. The minimum absolute atomic E-state index is 0. The zero-order valence-electron chi connectivity index (χ0n) is 13.7. The highest BCUT2D eigenvalue weighted by Crippen LogP contribution is 2.21. The smallest absolute Gasteiger partial charge is 0.227 e. The maximum atomic E-state index is 12.6. The Morgan fingerprint density at radius 2 is 2.00 bits per heavy atom. The van der Waals surface area contributed by atoms with Gasteiger partial charge in [0.1, 0.15) is 5.82 Å². The highest BCUT2D eigenvalue weighted by molar-refractivity contribution is 5.85. The number of nitrogens with two attached hydrogens (primary N) is 1. The van der Waals surface area contributed by atoms with Gasteiger partial charge in [0.05, 0.1) is 6.42 Å². The summed E-state index contributed by atoms with van der Waals surface area (Å²) < 4.78 is 2.12. The Bertz CT molecular complexity index is 657. The molecule has 0 spiro atoms. The van der Waals surface area contributed by atoms with Crippen LogP contribution in [0, 0.1) is 6.92 Å².